The van der Waals surface area contributed by atoms with Crippen molar-refractivity contribution in [1.29, 1.82) is 0 Å². The quantitative estimate of drug-likeness (QED) is 0.435. The Morgan fingerprint density at radius 1 is 0.875 bits per heavy atom. The molecule has 0 radical (unpaired) electrons. The molecule has 0 N–H and O–H groups in total. The minimum atomic E-state index is 0.697. The molecule has 0 saturated carbocycles. The predicted molar refractivity (Wildman–Crippen MR) is 61.0 cm³/mol. The van der Waals surface area contributed by atoms with Crippen LogP contribution in [0.4, 0.5) is 11.4 Å². The van der Waals surface area contributed by atoms with Crippen molar-refractivity contribution in [1.82, 2.24) is 0 Å². The number of azo groups is 2. The first-order valence-corrected chi connectivity index (χ1v) is 4.96. The van der Waals surface area contributed by atoms with Crippen molar-refractivity contribution in [2.45, 2.75) is 0 Å². The number of amides is 1. The molecule has 0 bridgehead atoms. The Kier molecular flexibility index (Phi) is 3.18. The molecule has 2 rings (SSSR count). The zero-order valence-electron chi connectivity index (χ0n) is 8.65. The second kappa shape index (κ2) is 4.98. The molecule has 0 fully saturated rings. The molecule has 0 spiro atoms. The highest BCUT2D eigenvalue weighted by atomic mass is 16.1. The number of hydrogen-bond donors (Lipinski definition) is 0. The minimum Gasteiger partial charge on any atom is -0.220 e. The molecule has 2 aromatic carbocycles. The summed E-state index contributed by atoms with van der Waals surface area (Å²) in [7, 11) is 0. The molecule has 1 amide bonds. The van der Waals surface area contributed by atoms with Crippen LogP contribution < -0.4 is 0 Å². The largest absolute Gasteiger partial charge is 0.405 e. The lowest BCUT2D eigenvalue weighted by atomic mass is 10.3. The van der Waals surface area contributed by atoms with E-state index in [1.54, 1.807) is 0 Å². The lowest BCUT2D eigenvalue weighted by Gasteiger charge is -1.91. The monoisotopic (exact) mass is 211 g/mol. The zero-order valence-corrected chi connectivity index (χ0v) is 8.65. The molecule has 0 aliphatic rings. The van der Waals surface area contributed by atoms with Crippen molar-refractivity contribution in [3.8, 4) is 0 Å². The number of rotatable bonds is 3. The van der Waals surface area contributed by atoms with Crippen molar-refractivity contribution in [2.75, 3.05) is 0 Å². The van der Waals surface area contributed by atoms with Gasteiger partial charge in [-0.3, -0.25) is 0 Å². The summed E-state index contributed by atoms with van der Waals surface area (Å²) in [6, 6.07) is 18.7. The predicted octanol–water partition coefficient (Wildman–Crippen LogP) is 3.27. The average Bonchev–Trinajstić information content (AvgIpc) is 2.38. The third kappa shape index (κ3) is 2.39. The number of hydrogen-bond acceptors (Lipinski definition) is 2. The molecule has 0 unspecified atom stereocenters. The van der Waals surface area contributed by atoms with Gasteiger partial charge in [0.2, 0.25) is 5.69 Å². The van der Waals surface area contributed by atoms with E-state index in [2.05, 4.69) is 5.11 Å². The Labute approximate surface area is 93.7 Å². The molecular formula is C13H11N2O+. The van der Waals surface area contributed by atoms with Gasteiger partial charge in [0, 0.05) is 17.2 Å². The van der Waals surface area contributed by atoms with Gasteiger partial charge in [0.1, 0.15) is 5.69 Å². The van der Waals surface area contributed by atoms with Gasteiger partial charge in [-0.1, -0.05) is 36.4 Å². The Morgan fingerprint density at radius 3 is 2.00 bits per heavy atom. The lowest BCUT2D eigenvalue weighted by Crippen LogP contribution is -1.97. The fourth-order valence-corrected chi connectivity index (χ4v) is 1.34. The summed E-state index contributed by atoms with van der Waals surface area (Å²) in [4.78, 5) is 10.9. The number of nitrogens with zero attached hydrogens (tertiary/aromatic N) is 2. The Balaban J connectivity index is 2.38. The summed E-state index contributed by atoms with van der Waals surface area (Å²) in [5, 5.41) is 4.21. The third-order valence-electron chi connectivity index (χ3n) is 2.10. The third-order valence-corrected chi connectivity index (χ3v) is 2.10. The maximum absolute atomic E-state index is 10.9. The molecule has 3 heteroatoms. The first-order valence-electron chi connectivity index (χ1n) is 4.96. The molecular weight excluding hydrogens is 200 g/mol. The van der Waals surface area contributed by atoms with E-state index in [4.69, 9.17) is 0 Å². The van der Waals surface area contributed by atoms with Crippen LogP contribution in [0.3, 0.4) is 0 Å². The van der Waals surface area contributed by atoms with Gasteiger partial charge in [0.05, 0.1) is 0 Å². The van der Waals surface area contributed by atoms with Crippen LogP contribution in [0.5, 0.6) is 0 Å². The average molecular weight is 211 g/mol. The number of carbonyl (C=O) groups excluding carboxylic acids is 1. The molecule has 16 heavy (non-hydrogen) atoms. The second-order valence-electron chi connectivity index (χ2n) is 3.22. The molecule has 3 nitrogen and oxygen atoms in total. The van der Waals surface area contributed by atoms with Crippen molar-refractivity contribution in [3.63, 3.8) is 0 Å². The first kappa shape index (κ1) is 10.2. The van der Waals surface area contributed by atoms with Crippen molar-refractivity contribution >= 4 is 17.8 Å². The summed E-state index contributed by atoms with van der Waals surface area (Å²) in [6.45, 7) is 0. The normalized spacial score (nSPS) is 11.1. The summed E-state index contributed by atoms with van der Waals surface area (Å²) in [5.74, 6) is 0. The molecule has 2 aromatic rings. The number of para-hydroxylation sites is 1. The fourth-order valence-electron chi connectivity index (χ4n) is 1.34. The smallest absolute Gasteiger partial charge is 0.220 e. The molecule has 0 heterocycles. The van der Waals surface area contributed by atoms with E-state index in [-0.39, 0.29) is 0 Å². The van der Waals surface area contributed by atoms with Gasteiger partial charge in [-0.05, 0) is 16.8 Å². The summed E-state index contributed by atoms with van der Waals surface area (Å²) < 4.78 is 1.31. The van der Waals surface area contributed by atoms with Crippen molar-refractivity contribution < 1.29 is 9.49 Å². The van der Waals surface area contributed by atoms with E-state index < -0.39 is 0 Å². The van der Waals surface area contributed by atoms with Crippen LogP contribution >= 0.6 is 0 Å². The lowest BCUT2D eigenvalue weighted by molar-refractivity contribution is -0.412. The van der Waals surface area contributed by atoms with E-state index in [1.807, 2.05) is 60.7 Å². The Hall–Kier alpha value is -2.29. The van der Waals surface area contributed by atoms with Crippen LogP contribution in [0.15, 0.2) is 65.8 Å². The molecule has 0 aromatic heterocycles. The van der Waals surface area contributed by atoms with Gasteiger partial charge < -0.3 is 0 Å². The summed E-state index contributed by atoms with van der Waals surface area (Å²) in [5.41, 5.74) is 1.50. The number of carbonyl (C=O) groups is 1. The van der Waals surface area contributed by atoms with E-state index in [0.717, 1.165) is 11.4 Å². The van der Waals surface area contributed by atoms with Gasteiger partial charge in [-0.25, -0.2) is 4.79 Å². The van der Waals surface area contributed by atoms with Crippen molar-refractivity contribution in [2.24, 2.45) is 5.11 Å². The van der Waals surface area contributed by atoms with Crippen LogP contribution in [-0.2, 0) is 4.79 Å². The molecule has 0 aliphatic carbocycles. The van der Waals surface area contributed by atoms with Gasteiger partial charge in [-0.2, -0.15) is 0 Å². The first-order chi connectivity index (χ1) is 7.90. The summed E-state index contributed by atoms with van der Waals surface area (Å²) >= 11 is 0. The second-order valence-corrected chi connectivity index (χ2v) is 3.22. The van der Waals surface area contributed by atoms with Crippen LogP contribution in [0.25, 0.3) is 0 Å². The van der Waals surface area contributed by atoms with Crippen LogP contribution in [0.1, 0.15) is 0 Å². The van der Waals surface area contributed by atoms with Gasteiger partial charge >= 0.3 is 6.41 Å². The zero-order chi connectivity index (χ0) is 11.2. The highest BCUT2D eigenvalue weighted by Crippen LogP contribution is 2.15. The molecule has 0 aliphatic heterocycles. The highest BCUT2D eigenvalue weighted by Gasteiger charge is 2.09. The topological polar surface area (TPSA) is 32.4 Å². The van der Waals surface area contributed by atoms with Gasteiger partial charge in [0.15, 0.2) is 0 Å². The maximum atomic E-state index is 10.9. The van der Waals surface area contributed by atoms with E-state index >= 15 is 0 Å². The standard InChI is InChI=1S/C13H11N2O/c16-11-15(13-9-5-2-6-10-13)14-12-7-3-1-4-8-12/h1-11H/q+1. The Bertz CT molecular complexity index is 492. The van der Waals surface area contributed by atoms with Gasteiger partial charge in [-0.15, -0.1) is 0 Å². The molecule has 78 valence electrons. The van der Waals surface area contributed by atoms with Crippen LogP contribution in [0.2, 0.25) is 0 Å². The van der Waals surface area contributed by atoms with E-state index in [1.165, 1.54) is 4.70 Å². The summed E-state index contributed by atoms with van der Waals surface area (Å²) in [6.07, 6.45) is 0.697. The number of benzene rings is 2. The van der Waals surface area contributed by atoms with Crippen molar-refractivity contribution in [3.05, 3.63) is 60.7 Å². The van der Waals surface area contributed by atoms with Crippen LogP contribution in [0, 0.1) is 0 Å². The fraction of sp³-hybridized carbons (Fsp3) is 0. The molecule has 0 atom stereocenters. The minimum absolute atomic E-state index is 0.697. The van der Waals surface area contributed by atoms with E-state index in [9.17, 15) is 4.79 Å². The van der Waals surface area contributed by atoms with E-state index in [0.29, 0.717) is 6.41 Å². The maximum Gasteiger partial charge on any atom is 0.405 e. The Morgan fingerprint density at radius 2 is 1.44 bits per heavy atom. The highest BCUT2D eigenvalue weighted by molar-refractivity contribution is 5.45. The van der Waals surface area contributed by atoms with Gasteiger partial charge in [0.25, 0.3) is 0 Å². The van der Waals surface area contributed by atoms with Crippen LogP contribution in [-0.4, -0.2) is 11.1 Å². The SMILES string of the molecule is O=C[N+](=Nc1ccccc1)c1ccccc1. The molecule has 0 saturated heterocycles.